The maximum Gasteiger partial charge on any atom is 0.147 e. The lowest BCUT2D eigenvalue weighted by atomic mass is 9.85. The van der Waals surface area contributed by atoms with Gasteiger partial charge in [0.2, 0.25) is 0 Å². The Balaban J connectivity index is 2.82. The molecule has 4 heteroatoms. The summed E-state index contributed by atoms with van der Waals surface area (Å²) >= 11 is 0. The molecule has 2 N–H and O–H groups in total. The van der Waals surface area contributed by atoms with Crippen LogP contribution in [-0.4, -0.2) is 20.4 Å². The van der Waals surface area contributed by atoms with Gasteiger partial charge in [0, 0.05) is 17.5 Å². The molecule has 3 nitrogen and oxygen atoms in total. The number of hydrogen-bond acceptors (Lipinski definition) is 3. The summed E-state index contributed by atoms with van der Waals surface area (Å²) in [6, 6.07) is 6.22. The molecule has 102 valence electrons. The Morgan fingerprint density at radius 1 is 1.28 bits per heavy atom. The van der Waals surface area contributed by atoms with Crippen LogP contribution in [0.1, 0.15) is 36.5 Å². The molecule has 0 amide bonds. The van der Waals surface area contributed by atoms with Crippen LogP contribution in [0.4, 0.5) is 0 Å². The highest BCUT2D eigenvalue weighted by molar-refractivity contribution is 7.90. The minimum absolute atomic E-state index is 0.199. The summed E-state index contributed by atoms with van der Waals surface area (Å²) in [6.45, 7) is 6.04. The molecule has 1 aromatic rings. The first kappa shape index (κ1) is 15.2. The molecule has 0 saturated carbocycles. The number of benzene rings is 1. The molecule has 0 bridgehead atoms. The lowest BCUT2D eigenvalue weighted by Gasteiger charge is -2.27. The van der Waals surface area contributed by atoms with E-state index in [4.69, 9.17) is 5.73 Å². The van der Waals surface area contributed by atoms with Crippen molar-refractivity contribution in [1.82, 2.24) is 0 Å². The van der Waals surface area contributed by atoms with Crippen molar-refractivity contribution in [2.45, 2.75) is 39.2 Å². The summed E-state index contributed by atoms with van der Waals surface area (Å²) in [7, 11) is -2.90. The van der Waals surface area contributed by atoms with Crippen LogP contribution in [0.2, 0.25) is 0 Å². The van der Waals surface area contributed by atoms with Crippen LogP contribution < -0.4 is 5.73 Å². The van der Waals surface area contributed by atoms with Gasteiger partial charge in [-0.2, -0.15) is 0 Å². The van der Waals surface area contributed by atoms with E-state index in [1.807, 2.05) is 20.8 Å². The molecule has 0 aliphatic rings. The van der Waals surface area contributed by atoms with Gasteiger partial charge in [-0.25, -0.2) is 8.42 Å². The molecule has 1 aromatic carbocycles. The fraction of sp³-hybridized carbons (Fsp3) is 0.571. The molecule has 0 aliphatic carbocycles. The zero-order valence-electron chi connectivity index (χ0n) is 11.7. The predicted molar refractivity (Wildman–Crippen MR) is 76.4 cm³/mol. The third-order valence-electron chi connectivity index (χ3n) is 3.22. The van der Waals surface area contributed by atoms with Crippen molar-refractivity contribution in [3.63, 3.8) is 0 Å². The molecule has 1 rings (SSSR count). The Bertz CT molecular complexity index is 519. The van der Waals surface area contributed by atoms with E-state index in [0.29, 0.717) is 12.8 Å². The normalized spacial score (nSPS) is 15.4. The molecule has 0 aliphatic heterocycles. The van der Waals surface area contributed by atoms with Crippen LogP contribution in [0.25, 0.3) is 0 Å². The Morgan fingerprint density at radius 2 is 1.89 bits per heavy atom. The van der Waals surface area contributed by atoms with Crippen LogP contribution in [-0.2, 0) is 15.4 Å². The van der Waals surface area contributed by atoms with Crippen molar-refractivity contribution in [2.24, 2.45) is 5.73 Å². The fourth-order valence-corrected chi connectivity index (χ4v) is 2.86. The average molecular weight is 269 g/mol. The van der Waals surface area contributed by atoms with Gasteiger partial charge in [-0.15, -0.1) is 0 Å². The minimum Gasteiger partial charge on any atom is -0.322 e. The van der Waals surface area contributed by atoms with Gasteiger partial charge in [-0.3, -0.25) is 0 Å². The molecule has 0 spiro atoms. The topological polar surface area (TPSA) is 60.2 Å². The number of rotatable bonds is 5. The number of nitrogens with two attached hydrogens (primary N) is 1. The van der Waals surface area contributed by atoms with Crippen LogP contribution in [0.15, 0.2) is 18.2 Å². The second-order valence-corrected chi connectivity index (χ2v) is 7.73. The van der Waals surface area contributed by atoms with Crippen molar-refractivity contribution in [2.75, 3.05) is 12.0 Å². The highest BCUT2D eigenvalue weighted by Crippen LogP contribution is 2.27. The van der Waals surface area contributed by atoms with Crippen molar-refractivity contribution in [3.8, 4) is 0 Å². The Kier molecular flexibility index (Phi) is 4.56. The quantitative estimate of drug-likeness (QED) is 0.892. The second-order valence-electron chi connectivity index (χ2n) is 5.47. The van der Waals surface area contributed by atoms with E-state index >= 15 is 0 Å². The molecule has 1 atom stereocenters. The zero-order chi connectivity index (χ0) is 14.0. The first-order valence-electron chi connectivity index (χ1n) is 6.16. The van der Waals surface area contributed by atoms with Gasteiger partial charge in [0.15, 0.2) is 0 Å². The summed E-state index contributed by atoms with van der Waals surface area (Å²) in [5, 5.41) is 0. The predicted octanol–water partition coefficient (Wildman–Crippen LogP) is 2.30. The van der Waals surface area contributed by atoms with Gasteiger partial charge in [0.1, 0.15) is 9.84 Å². The van der Waals surface area contributed by atoms with Crippen LogP contribution in [0.5, 0.6) is 0 Å². The average Bonchev–Trinajstić information content (AvgIpc) is 2.19. The standard InChI is InChI=1S/C14H23NO2S/c1-11-6-7-12(2)13(10-11)14(3,15)8-5-9-18(4,16)17/h6-7,10H,5,8-9,15H2,1-4H3. The number of aryl methyl sites for hydroxylation is 2. The highest BCUT2D eigenvalue weighted by atomic mass is 32.2. The molecular formula is C14H23NO2S. The van der Waals surface area contributed by atoms with Gasteiger partial charge < -0.3 is 5.73 Å². The maximum atomic E-state index is 11.1. The van der Waals surface area contributed by atoms with Crippen LogP contribution >= 0.6 is 0 Å². The first-order chi connectivity index (χ1) is 8.12. The van der Waals surface area contributed by atoms with Gasteiger partial charge in [-0.05, 0) is 44.7 Å². The van der Waals surface area contributed by atoms with Crippen LogP contribution in [0, 0.1) is 13.8 Å². The summed E-state index contributed by atoms with van der Waals surface area (Å²) < 4.78 is 22.3. The Hall–Kier alpha value is -0.870. The summed E-state index contributed by atoms with van der Waals surface area (Å²) in [4.78, 5) is 0. The van der Waals surface area contributed by atoms with E-state index in [0.717, 1.165) is 11.1 Å². The monoisotopic (exact) mass is 269 g/mol. The van der Waals surface area contributed by atoms with E-state index in [2.05, 4.69) is 18.2 Å². The highest BCUT2D eigenvalue weighted by Gasteiger charge is 2.23. The largest absolute Gasteiger partial charge is 0.322 e. The van der Waals surface area contributed by atoms with E-state index in [1.165, 1.54) is 11.8 Å². The first-order valence-corrected chi connectivity index (χ1v) is 8.22. The van der Waals surface area contributed by atoms with Crippen molar-refractivity contribution in [1.29, 1.82) is 0 Å². The van der Waals surface area contributed by atoms with Gasteiger partial charge in [0.25, 0.3) is 0 Å². The summed E-state index contributed by atoms with van der Waals surface area (Å²) in [5.74, 6) is 0.199. The molecule has 1 unspecified atom stereocenters. The Morgan fingerprint density at radius 3 is 2.44 bits per heavy atom. The Labute approximate surface area is 110 Å². The van der Waals surface area contributed by atoms with Gasteiger partial charge >= 0.3 is 0 Å². The SMILES string of the molecule is Cc1ccc(C)c(C(C)(N)CCCS(C)(=O)=O)c1. The van der Waals surface area contributed by atoms with E-state index < -0.39 is 15.4 Å². The molecule has 0 saturated heterocycles. The molecule has 0 fully saturated rings. The molecule has 0 heterocycles. The molecule has 0 aromatic heterocycles. The van der Waals surface area contributed by atoms with Crippen molar-refractivity contribution >= 4 is 9.84 Å². The third-order valence-corrected chi connectivity index (χ3v) is 4.25. The third kappa shape index (κ3) is 4.42. The van der Waals surface area contributed by atoms with Crippen molar-refractivity contribution < 1.29 is 8.42 Å². The van der Waals surface area contributed by atoms with E-state index in [9.17, 15) is 8.42 Å². The maximum absolute atomic E-state index is 11.1. The van der Waals surface area contributed by atoms with E-state index in [1.54, 1.807) is 0 Å². The van der Waals surface area contributed by atoms with Gasteiger partial charge in [-0.1, -0.05) is 23.8 Å². The lowest BCUT2D eigenvalue weighted by molar-refractivity contribution is 0.443. The van der Waals surface area contributed by atoms with Crippen LogP contribution in [0.3, 0.4) is 0 Å². The lowest BCUT2D eigenvalue weighted by Crippen LogP contribution is -2.34. The van der Waals surface area contributed by atoms with Crippen molar-refractivity contribution in [3.05, 3.63) is 34.9 Å². The fourth-order valence-electron chi connectivity index (χ4n) is 2.19. The van der Waals surface area contributed by atoms with Gasteiger partial charge in [0.05, 0.1) is 0 Å². The number of hydrogen-bond donors (Lipinski definition) is 1. The smallest absolute Gasteiger partial charge is 0.147 e. The summed E-state index contributed by atoms with van der Waals surface area (Å²) in [6.07, 6.45) is 2.53. The second kappa shape index (κ2) is 5.41. The summed E-state index contributed by atoms with van der Waals surface area (Å²) in [5.41, 5.74) is 9.31. The minimum atomic E-state index is -2.90. The zero-order valence-corrected chi connectivity index (χ0v) is 12.5. The molecular weight excluding hydrogens is 246 g/mol. The number of sulfone groups is 1. The van der Waals surface area contributed by atoms with E-state index in [-0.39, 0.29) is 5.75 Å². The molecule has 18 heavy (non-hydrogen) atoms. The molecule has 0 radical (unpaired) electrons.